The van der Waals surface area contributed by atoms with E-state index in [4.69, 9.17) is 4.55 Å². The van der Waals surface area contributed by atoms with Crippen LogP contribution in [0.25, 0.3) is 0 Å². The standard InChI is InChI=1S/C12H6F5I4NO6S/c1-28-9(24)3-2(4(18)6(20)7(21)5(3)19)8(23)22-10(11(13,14)15)12(16,17)29(25,26)27/h10H,1H3,(H,22,23)(H,25,26,27). The number of amides is 1. The fraction of sp³-hybridized carbons (Fsp3) is 0.333. The van der Waals surface area contributed by atoms with E-state index in [1.807, 2.05) is 0 Å². The molecule has 164 valence electrons. The Kier molecular flexibility index (Phi) is 9.20. The zero-order valence-corrected chi connectivity index (χ0v) is 22.8. The number of benzene rings is 1. The Balaban J connectivity index is 3.72. The molecule has 0 fully saturated rings. The fourth-order valence-electron chi connectivity index (χ4n) is 1.85. The van der Waals surface area contributed by atoms with Gasteiger partial charge in [-0.2, -0.15) is 30.4 Å². The molecule has 29 heavy (non-hydrogen) atoms. The number of hydrogen-bond donors (Lipinski definition) is 2. The lowest BCUT2D eigenvalue weighted by Crippen LogP contribution is -2.59. The van der Waals surface area contributed by atoms with E-state index in [1.54, 1.807) is 67.8 Å². The Labute approximate surface area is 214 Å². The van der Waals surface area contributed by atoms with Gasteiger partial charge < -0.3 is 10.1 Å². The second-order valence-electron chi connectivity index (χ2n) is 4.98. The van der Waals surface area contributed by atoms with Crippen molar-refractivity contribution in [3.8, 4) is 0 Å². The first-order valence-corrected chi connectivity index (χ1v) is 12.3. The highest BCUT2D eigenvalue weighted by Crippen LogP contribution is 2.37. The molecule has 0 aliphatic rings. The molecule has 1 atom stereocenters. The summed E-state index contributed by atoms with van der Waals surface area (Å²) in [4.78, 5) is 24.6. The van der Waals surface area contributed by atoms with Crippen molar-refractivity contribution in [1.29, 1.82) is 0 Å². The summed E-state index contributed by atoms with van der Waals surface area (Å²) in [5.41, 5.74) is -1.21. The lowest BCUT2D eigenvalue weighted by atomic mass is 10.1. The van der Waals surface area contributed by atoms with E-state index in [0.29, 0.717) is 7.14 Å². The molecule has 0 aromatic heterocycles. The molecule has 0 radical (unpaired) electrons. The number of nitrogens with one attached hydrogen (secondary N) is 1. The van der Waals surface area contributed by atoms with Crippen molar-refractivity contribution in [2.75, 3.05) is 7.11 Å². The van der Waals surface area contributed by atoms with Crippen LogP contribution in [0, 0.1) is 14.3 Å². The Morgan fingerprint density at radius 3 is 1.72 bits per heavy atom. The lowest BCUT2D eigenvalue weighted by Gasteiger charge is -2.27. The predicted molar refractivity (Wildman–Crippen MR) is 122 cm³/mol. The number of carbonyl (C=O) groups excluding carboxylic acids is 2. The molecule has 1 aromatic carbocycles. The van der Waals surface area contributed by atoms with Crippen LogP contribution >= 0.6 is 90.4 Å². The van der Waals surface area contributed by atoms with Gasteiger partial charge in [-0.1, -0.05) is 0 Å². The molecule has 17 heteroatoms. The third-order valence-electron chi connectivity index (χ3n) is 3.17. The Morgan fingerprint density at radius 2 is 1.38 bits per heavy atom. The zero-order valence-electron chi connectivity index (χ0n) is 13.4. The average Bonchev–Trinajstić information content (AvgIpc) is 2.57. The molecular formula is C12H6F5I4NO6S. The van der Waals surface area contributed by atoms with Gasteiger partial charge >= 0.3 is 27.5 Å². The molecule has 0 aliphatic heterocycles. The van der Waals surface area contributed by atoms with Gasteiger partial charge in [-0.05, 0) is 90.4 Å². The second kappa shape index (κ2) is 9.64. The van der Waals surface area contributed by atoms with Crippen molar-refractivity contribution in [2.24, 2.45) is 0 Å². The molecule has 1 aromatic rings. The molecule has 0 aliphatic carbocycles. The molecule has 0 saturated heterocycles. The summed E-state index contributed by atoms with van der Waals surface area (Å²) in [7, 11) is -5.61. The van der Waals surface area contributed by atoms with E-state index in [0.717, 1.165) is 12.4 Å². The summed E-state index contributed by atoms with van der Waals surface area (Å²) in [6, 6.07) is -4.28. The van der Waals surface area contributed by atoms with Gasteiger partial charge in [0.05, 0.1) is 18.2 Å². The first-order valence-electron chi connectivity index (χ1n) is 6.56. The molecule has 2 N–H and O–H groups in total. The lowest BCUT2D eigenvalue weighted by molar-refractivity contribution is -0.191. The summed E-state index contributed by atoms with van der Waals surface area (Å²) in [5.74, 6) is -2.94. The van der Waals surface area contributed by atoms with Crippen molar-refractivity contribution >= 4 is 112 Å². The maximum atomic E-state index is 13.7. The predicted octanol–water partition coefficient (Wildman–Crippen LogP) is 4.03. The summed E-state index contributed by atoms with van der Waals surface area (Å²) < 4.78 is 102. The third kappa shape index (κ3) is 5.71. The quantitative estimate of drug-likeness (QED) is 0.116. The topological polar surface area (TPSA) is 110 Å². The first kappa shape index (κ1) is 27.7. The van der Waals surface area contributed by atoms with Crippen LogP contribution in [-0.4, -0.2) is 49.4 Å². The summed E-state index contributed by atoms with van der Waals surface area (Å²) >= 11 is 6.67. The van der Waals surface area contributed by atoms with E-state index in [9.17, 15) is 40.0 Å². The van der Waals surface area contributed by atoms with Crippen LogP contribution in [0.15, 0.2) is 0 Å². The van der Waals surface area contributed by atoms with Gasteiger partial charge in [-0.25, -0.2) is 4.79 Å². The van der Waals surface area contributed by atoms with Crippen molar-refractivity contribution in [3.05, 3.63) is 25.4 Å². The number of esters is 1. The highest BCUT2D eigenvalue weighted by Gasteiger charge is 2.64. The van der Waals surface area contributed by atoms with Crippen LogP contribution in [0.4, 0.5) is 22.0 Å². The largest absolute Gasteiger partial charge is 0.465 e. The fourth-order valence-corrected chi connectivity index (χ4v) is 5.99. The zero-order chi connectivity index (χ0) is 23.1. The first-order chi connectivity index (χ1) is 12.9. The number of carbonyl (C=O) groups is 2. The Morgan fingerprint density at radius 1 is 0.966 bits per heavy atom. The van der Waals surface area contributed by atoms with Crippen LogP contribution in [0.1, 0.15) is 20.7 Å². The van der Waals surface area contributed by atoms with Crippen LogP contribution in [0.2, 0.25) is 0 Å². The number of hydrogen-bond acceptors (Lipinski definition) is 5. The molecular weight excluding hydrogens is 889 g/mol. The van der Waals surface area contributed by atoms with Gasteiger partial charge in [0.25, 0.3) is 5.91 Å². The van der Waals surface area contributed by atoms with Gasteiger partial charge in [0.2, 0.25) is 6.04 Å². The van der Waals surface area contributed by atoms with E-state index >= 15 is 0 Å². The van der Waals surface area contributed by atoms with Gasteiger partial charge in [0.1, 0.15) is 0 Å². The Bertz CT molecular complexity index is 969. The van der Waals surface area contributed by atoms with E-state index in [-0.39, 0.29) is 7.14 Å². The molecule has 0 spiro atoms. The minimum atomic E-state index is -6.54. The summed E-state index contributed by atoms with van der Waals surface area (Å²) in [5, 5.41) is -4.91. The molecule has 1 amide bonds. The average molecular weight is 895 g/mol. The molecule has 1 rings (SSSR count). The van der Waals surface area contributed by atoms with Crippen LogP contribution < -0.4 is 5.32 Å². The van der Waals surface area contributed by atoms with Crippen molar-refractivity contribution in [1.82, 2.24) is 5.32 Å². The molecule has 7 nitrogen and oxygen atoms in total. The van der Waals surface area contributed by atoms with E-state index < -0.39 is 50.6 Å². The van der Waals surface area contributed by atoms with E-state index in [1.165, 1.54) is 22.6 Å². The van der Waals surface area contributed by atoms with Crippen molar-refractivity contribution in [2.45, 2.75) is 17.5 Å². The monoisotopic (exact) mass is 895 g/mol. The number of alkyl halides is 5. The summed E-state index contributed by atoms with van der Waals surface area (Å²) in [6.07, 6.45) is -5.96. The number of rotatable bonds is 5. The number of methoxy groups -OCH3 is 1. The molecule has 1 unspecified atom stereocenters. The molecule has 0 saturated carbocycles. The van der Waals surface area contributed by atoms with Crippen molar-refractivity contribution < 1.29 is 49.2 Å². The molecule has 0 bridgehead atoms. The van der Waals surface area contributed by atoms with Gasteiger partial charge in [0.15, 0.2) is 0 Å². The summed E-state index contributed by atoms with van der Waals surface area (Å²) in [6.45, 7) is 0. The maximum Gasteiger partial charge on any atom is 0.415 e. The van der Waals surface area contributed by atoms with Gasteiger partial charge in [-0.15, -0.1) is 0 Å². The maximum absolute atomic E-state index is 13.7. The van der Waals surface area contributed by atoms with Crippen LogP contribution in [-0.2, 0) is 14.9 Å². The normalized spacial score (nSPS) is 13.8. The number of halogens is 9. The smallest absolute Gasteiger partial charge is 0.415 e. The van der Waals surface area contributed by atoms with Gasteiger partial charge in [0, 0.05) is 14.3 Å². The number of ether oxygens (including phenoxy) is 1. The third-order valence-corrected chi connectivity index (χ3v) is 11.5. The Hall–Kier alpha value is 0.640. The van der Waals surface area contributed by atoms with Crippen LogP contribution in [0.5, 0.6) is 0 Å². The van der Waals surface area contributed by atoms with Gasteiger partial charge in [-0.3, -0.25) is 9.35 Å². The van der Waals surface area contributed by atoms with E-state index in [2.05, 4.69) is 4.74 Å². The highest BCUT2D eigenvalue weighted by molar-refractivity contribution is 14.1. The minimum absolute atomic E-state index is 0.0537. The van der Waals surface area contributed by atoms with Crippen molar-refractivity contribution in [3.63, 3.8) is 0 Å². The minimum Gasteiger partial charge on any atom is -0.465 e. The molecule has 0 heterocycles. The second-order valence-corrected chi connectivity index (χ2v) is 10.8. The van der Waals surface area contributed by atoms with Crippen LogP contribution in [0.3, 0.4) is 0 Å². The SMILES string of the molecule is COC(=O)c1c(I)c(I)c(I)c(I)c1C(=O)NC(C(F)(F)F)C(F)(F)S(=O)(=O)O. The highest BCUT2D eigenvalue weighted by atomic mass is 127.